The van der Waals surface area contributed by atoms with Gasteiger partial charge in [-0.2, -0.15) is 0 Å². The first kappa shape index (κ1) is 14.2. The highest BCUT2D eigenvalue weighted by Gasteiger charge is 2.15. The highest BCUT2D eigenvalue weighted by atomic mass is 79.9. The van der Waals surface area contributed by atoms with E-state index >= 15 is 0 Å². The average Bonchev–Trinajstić information content (AvgIpc) is 2.33. The number of aromatic nitrogens is 2. The first-order chi connectivity index (χ1) is 8.99. The third-order valence-corrected chi connectivity index (χ3v) is 3.39. The highest BCUT2D eigenvalue weighted by Crippen LogP contribution is 2.33. The second-order valence-electron chi connectivity index (χ2n) is 4.22. The third kappa shape index (κ3) is 3.22. The van der Waals surface area contributed by atoms with Gasteiger partial charge in [-0.15, -0.1) is 0 Å². The Morgan fingerprint density at radius 1 is 1.32 bits per heavy atom. The standard InChI is InChI=1S/C13H11BrClFN2O/c1-7(2)11-12(15)17-6-18-13(11)19-8-3-4-10(16)9(14)5-8/h3-7H,1-2H3. The molecule has 19 heavy (non-hydrogen) atoms. The zero-order valence-corrected chi connectivity index (χ0v) is 12.7. The fourth-order valence-corrected chi connectivity index (χ4v) is 2.28. The van der Waals surface area contributed by atoms with E-state index in [-0.39, 0.29) is 11.7 Å². The van der Waals surface area contributed by atoms with Crippen molar-refractivity contribution in [2.45, 2.75) is 19.8 Å². The van der Waals surface area contributed by atoms with Gasteiger partial charge in [0.05, 0.1) is 10.0 Å². The van der Waals surface area contributed by atoms with Crippen molar-refractivity contribution < 1.29 is 9.13 Å². The minimum atomic E-state index is -0.350. The summed E-state index contributed by atoms with van der Waals surface area (Å²) in [6.45, 7) is 3.94. The van der Waals surface area contributed by atoms with Crippen molar-refractivity contribution in [3.8, 4) is 11.6 Å². The van der Waals surface area contributed by atoms with Crippen molar-refractivity contribution in [2.75, 3.05) is 0 Å². The number of ether oxygens (including phenoxy) is 1. The molecule has 0 aliphatic rings. The Bertz CT molecular complexity index is 607. The Labute approximate surface area is 123 Å². The summed E-state index contributed by atoms with van der Waals surface area (Å²) in [7, 11) is 0. The van der Waals surface area contributed by atoms with Gasteiger partial charge in [-0.3, -0.25) is 0 Å². The molecule has 0 saturated heterocycles. The largest absolute Gasteiger partial charge is 0.439 e. The summed E-state index contributed by atoms with van der Waals surface area (Å²) >= 11 is 9.15. The monoisotopic (exact) mass is 344 g/mol. The van der Waals surface area contributed by atoms with E-state index in [2.05, 4.69) is 25.9 Å². The maximum atomic E-state index is 13.2. The number of hydrogen-bond donors (Lipinski definition) is 0. The lowest BCUT2D eigenvalue weighted by Crippen LogP contribution is -1.99. The quantitative estimate of drug-likeness (QED) is 0.738. The van der Waals surface area contributed by atoms with E-state index in [1.54, 1.807) is 0 Å². The van der Waals surface area contributed by atoms with E-state index in [1.807, 2.05) is 13.8 Å². The summed E-state index contributed by atoms with van der Waals surface area (Å²) in [6, 6.07) is 4.38. The van der Waals surface area contributed by atoms with E-state index in [0.717, 1.165) is 5.56 Å². The molecule has 1 heterocycles. The van der Waals surface area contributed by atoms with Crippen molar-refractivity contribution in [2.24, 2.45) is 0 Å². The fourth-order valence-electron chi connectivity index (χ4n) is 1.58. The van der Waals surface area contributed by atoms with Crippen LogP contribution in [0.3, 0.4) is 0 Å². The summed E-state index contributed by atoms with van der Waals surface area (Å²) in [6.07, 6.45) is 1.34. The number of hydrogen-bond acceptors (Lipinski definition) is 3. The molecule has 0 fully saturated rings. The lowest BCUT2D eigenvalue weighted by Gasteiger charge is -2.13. The molecule has 0 aliphatic carbocycles. The second kappa shape index (κ2) is 5.84. The maximum absolute atomic E-state index is 13.2. The van der Waals surface area contributed by atoms with Gasteiger partial charge in [0.15, 0.2) is 0 Å². The summed E-state index contributed by atoms with van der Waals surface area (Å²) in [5.41, 5.74) is 0.726. The zero-order valence-electron chi connectivity index (χ0n) is 10.3. The van der Waals surface area contributed by atoms with Crippen LogP contribution >= 0.6 is 27.5 Å². The molecule has 3 nitrogen and oxygen atoms in total. The Hall–Kier alpha value is -1.20. The smallest absolute Gasteiger partial charge is 0.227 e. The summed E-state index contributed by atoms with van der Waals surface area (Å²) in [4.78, 5) is 8.02. The third-order valence-electron chi connectivity index (χ3n) is 2.48. The normalized spacial score (nSPS) is 10.8. The van der Waals surface area contributed by atoms with Crippen molar-refractivity contribution in [3.63, 3.8) is 0 Å². The molecule has 0 bridgehead atoms. The van der Waals surface area contributed by atoms with Crippen LogP contribution in [0, 0.1) is 5.82 Å². The van der Waals surface area contributed by atoms with Gasteiger partial charge in [-0.05, 0) is 40.0 Å². The molecule has 0 unspecified atom stereocenters. The average molecular weight is 346 g/mol. The Balaban J connectivity index is 2.38. The van der Waals surface area contributed by atoms with E-state index in [1.165, 1.54) is 24.5 Å². The molecule has 2 rings (SSSR count). The van der Waals surface area contributed by atoms with Gasteiger partial charge in [0, 0.05) is 0 Å². The van der Waals surface area contributed by atoms with Gasteiger partial charge >= 0.3 is 0 Å². The Kier molecular flexibility index (Phi) is 4.37. The van der Waals surface area contributed by atoms with E-state index in [4.69, 9.17) is 16.3 Å². The molecule has 1 aromatic carbocycles. The minimum absolute atomic E-state index is 0.118. The molecule has 0 aliphatic heterocycles. The van der Waals surface area contributed by atoms with Crippen molar-refractivity contribution >= 4 is 27.5 Å². The first-order valence-electron chi connectivity index (χ1n) is 5.62. The number of halogens is 3. The fraction of sp³-hybridized carbons (Fsp3) is 0.231. The SMILES string of the molecule is CC(C)c1c(Cl)ncnc1Oc1ccc(F)c(Br)c1. The Morgan fingerprint density at radius 3 is 2.68 bits per heavy atom. The first-order valence-corrected chi connectivity index (χ1v) is 6.79. The van der Waals surface area contributed by atoms with Crippen LogP contribution in [0.15, 0.2) is 29.0 Å². The molecular formula is C13H11BrClFN2O. The van der Waals surface area contributed by atoms with Crippen LogP contribution in [-0.4, -0.2) is 9.97 Å². The molecule has 0 spiro atoms. The topological polar surface area (TPSA) is 35.0 Å². The zero-order chi connectivity index (χ0) is 14.0. The lowest BCUT2D eigenvalue weighted by atomic mass is 10.1. The van der Waals surface area contributed by atoms with Gasteiger partial charge in [0.1, 0.15) is 23.0 Å². The van der Waals surface area contributed by atoms with Crippen molar-refractivity contribution in [1.82, 2.24) is 9.97 Å². The van der Waals surface area contributed by atoms with Crippen LogP contribution in [0.2, 0.25) is 5.15 Å². The van der Waals surface area contributed by atoms with Crippen molar-refractivity contribution in [1.29, 1.82) is 0 Å². The van der Waals surface area contributed by atoms with E-state index < -0.39 is 0 Å². The van der Waals surface area contributed by atoms with Crippen LogP contribution in [0.25, 0.3) is 0 Å². The summed E-state index contributed by atoms with van der Waals surface area (Å²) < 4.78 is 19.1. The molecule has 1 aromatic heterocycles. The lowest BCUT2D eigenvalue weighted by molar-refractivity contribution is 0.449. The minimum Gasteiger partial charge on any atom is -0.439 e. The molecule has 0 saturated carbocycles. The highest BCUT2D eigenvalue weighted by molar-refractivity contribution is 9.10. The molecule has 0 radical (unpaired) electrons. The number of nitrogens with zero attached hydrogens (tertiary/aromatic N) is 2. The number of benzene rings is 1. The molecule has 2 aromatic rings. The van der Waals surface area contributed by atoms with Crippen LogP contribution in [0.5, 0.6) is 11.6 Å². The van der Waals surface area contributed by atoms with Crippen LogP contribution in [0.1, 0.15) is 25.3 Å². The molecule has 6 heteroatoms. The molecule has 0 amide bonds. The molecule has 0 atom stereocenters. The summed E-state index contributed by atoms with van der Waals surface area (Å²) in [5, 5.41) is 0.362. The molecule has 0 N–H and O–H groups in total. The molecule has 100 valence electrons. The number of rotatable bonds is 3. The predicted octanol–water partition coefficient (Wildman–Crippen LogP) is 4.95. The van der Waals surface area contributed by atoms with Gasteiger partial charge in [0.2, 0.25) is 5.88 Å². The predicted molar refractivity (Wildman–Crippen MR) is 75.3 cm³/mol. The maximum Gasteiger partial charge on any atom is 0.227 e. The second-order valence-corrected chi connectivity index (χ2v) is 5.43. The summed E-state index contributed by atoms with van der Waals surface area (Å²) in [5.74, 6) is 0.628. The van der Waals surface area contributed by atoms with Gasteiger partial charge in [-0.25, -0.2) is 14.4 Å². The van der Waals surface area contributed by atoms with Gasteiger partial charge in [-0.1, -0.05) is 25.4 Å². The van der Waals surface area contributed by atoms with E-state index in [9.17, 15) is 4.39 Å². The van der Waals surface area contributed by atoms with Crippen LogP contribution in [0.4, 0.5) is 4.39 Å². The van der Waals surface area contributed by atoms with Crippen LogP contribution < -0.4 is 4.74 Å². The van der Waals surface area contributed by atoms with Crippen molar-refractivity contribution in [3.05, 3.63) is 45.5 Å². The Morgan fingerprint density at radius 2 is 2.05 bits per heavy atom. The van der Waals surface area contributed by atoms with E-state index in [0.29, 0.717) is 21.3 Å². The van der Waals surface area contributed by atoms with Crippen LogP contribution in [-0.2, 0) is 0 Å². The van der Waals surface area contributed by atoms with Gasteiger partial charge in [0.25, 0.3) is 0 Å². The van der Waals surface area contributed by atoms with Gasteiger partial charge < -0.3 is 4.74 Å². The molecular weight excluding hydrogens is 335 g/mol.